The fourth-order valence-electron chi connectivity index (χ4n) is 1.46. The number of furan rings is 1. The summed E-state index contributed by atoms with van der Waals surface area (Å²) in [5.74, 6) is 0.949. The Morgan fingerprint density at radius 2 is 1.94 bits per heavy atom. The Hall–Kier alpha value is -1.22. The van der Waals surface area contributed by atoms with E-state index in [0.29, 0.717) is 0 Å². The van der Waals surface area contributed by atoms with Crippen LogP contribution in [0.25, 0.3) is 6.08 Å². The number of benzene rings is 1. The minimum Gasteiger partial charge on any atom is -0.468 e. The van der Waals surface area contributed by atoms with Crippen LogP contribution in [0.15, 0.2) is 53.2 Å². The topological polar surface area (TPSA) is 25.2 Å². The molecule has 96 valence electrons. The van der Waals surface area contributed by atoms with Crippen molar-refractivity contribution in [3.63, 3.8) is 0 Å². The van der Waals surface area contributed by atoms with Crippen molar-refractivity contribution >= 4 is 30.1 Å². The van der Waals surface area contributed by atoms with Crippen LogP contribution < -0.4 is 5.32 Å². The summed E-state index contributed by atoms with van der Waals surface area (Å²) in [6.45, 7) is 1.56. The summed E-state index contributed by atoms with van der Waals surface area (Å²) < 4.78 is 5.21. The molecule has 1 N–H and O–H groups in total. The van der Waals surface area contributed by atoms with Crippen molar-refractivity contribution in [1.82, 2.24) is 5.32 Å². The highest BCUT2D eigenvalue weighted by Crippen LogP contribution is 2.10. The van der Waals surface area contributed by atoms with Crippen LogP contribution in [0.5, 0.6) is 0 Å². The molecule has 0 aliphatic carbocycles. The van der Waals surface area contributed by atoms with Crippen molar-refractivity contribution in [2.45, 2.75) is 6.54 Å². The third-order valence-corrected chi connectivity index (χ3v) is 2.57. The Labute approximate surface area is 118 Å². The standard InChI is InChI=1S/C14H14ClNO.ClH/c15-13-7-5-12(6-8-13)3-1-9-16-11-14-4-2-10-17-14;/h1-8,10,16H,9,11H2;1H. The first kappa shape index (κ1) is 14.8. The lowest BCUT2D eigenvalue weighted by Crippen LogP contribution is -2.11. The smallest absolute Gasteiger partial charge is 0.117 e. The van der Waals surface area contributed by atoms with Gasteiger partial charge in [-0.05, 0) is 29.8 Å². The van der Waals surface area contributed by atoms with Gasteiger partial charge in [-0.1, -0.05) is 35.9 Å². The molecule has 0 unspecified atom stereocenters. The number of nitrogens with one attached hydrogen (secondary N) is 1. The van der Waals surface area contributed by atoms with Gasteiger partial charge in [0.15, 0.2) is 0 Å². The molecule has 0 saturated carbocycles. The molecule has 1 aromatic heterocycles. The third-order valence-electron chi connectivity index (χ3n) is 2.32. The van der Waals surface area contributed by atoms with Crippen molar-refractivity contribution in [1.29, 1.82) is 0 Å². The summed E-state index contributed by atoms with van der Waals surface area (Å²) >= 11 is 5.81. The zero-order valence-corrected chi connectivity index (χ0v) is 11.4. The molecule has 0 fully saturated rings. The zero-order valence-electron chi connectivity index (χ0n) is 9.80. The lowest BCUT2D eigenvalue weighted by atomic mass is 10.2. The zero-order chi connectivity index (χ0) is 11.9. The molecule has 0 bridgehead atoms. The van der Waals surface area contributed by atoms with Crippen LogP contribution in [0.3, 0.4) is 0 Å². The molecule has 0 atom stereocenters. The number of hydrogen-bond acceptors (Lipinski definition) is 2. The van der Waals surface area contributed by atoms with Crippen molar-refractivity contribution in [2.75, 3.05) is 6.54 Å². The van der Waals surface area contributed by atoms with Crippen molar-refractivity contribution < 1.29 is 4.42 Å². The quantitative estimate of drug-likeness (QED) is 0.834. The molecule has 0 spiro atoms. The number of hydrogen-bond donors (Lipinski definition) is 1. The van der Waals surface area contributed by atoms with Crippen LogP contribution in [-0.4, -0.2) is 6.54 Å². The van der Waals surface area contributed by atoms with Gasteiger partial charge < -0.3 is 9.73 Å². The fourth-order valence-corrected chi connectivity index (χ4v) is 1.59. The van der Waals surface area contributed by atoms with E-state index >= 15 is 0 Å². The first-order valence-corrected chi connectivity index (χ1v) is 5.87. The second-order valence-electron chi connectivity index (χ2n) is 3.66. The summed E-state index contributed by atoms with van der Waals surface area (Å²) in [6, 6.07) is 11.6. The number of rotatable bonds is 5. The van der Waals surface area contributed by atoms with Crippen LogP contribution in [0.4, 0.5) is 0 Å². The van der Waals surface area contributed by atoms with Gasteiger partial charge in [-0.25, -0.2) is 0 Å². The minimum absolute atomic E-state index is 0. The van der Waals surface area contributed by atoms with Crippen molar-refractivity contribution in [2.24, 2.45) is 0 Å². The molecule has 0 aliphatic rings. The van der Waals surface area contributed by atoms with E-state index in [0.717, 1.165) is 29.4 Å². The Morgan fingerprint density at radius 3 is 2.61 bits per heavy atom. The largest absolute Gasteiger partial charge is 0.468 e. The highest BCUT2D eigenvalue weighted by molar-refractivity contribution is 6.30. The van der Waals surface area contributed by atoms with E-state index < -0.39 is 0 Å². The predicted molar refractivity (Wildman–Crippen MR) is 78.1 cm³/mol. The van der Waals surface area contributed by atoms with E-state index in [9.17, 15) is 0 Å². The molecule has 1 aromatic carbocycles. The SMILES string of the molecule is Cl.Clc1ccc(C=CCNCc2ccco2)cc1. The molecule has 0 aliphatic heterocycles. The highest BCUT2D eigenvalue weighted by atomic mass is 35.5. The maximum absolute atomic E-state index is 5.81. The molecule has 2 aromatic rings. The Morgan fingerprint density at radius 1 is 1.17 bits per heavy atom. The first-order valence-electron chi connectivity index (χ1n) is 5.50. The van der Waals surface area contributed by atoms with E-state index in [4.69, 9.17) is 16.0 Å². The molecular weight excluding hydrogens is 269 g/mol. The van der Waals surface area contributed by atoms with Crippen LogP contribution >= 0.6 is 24.0 Å². The molecule has 18 heavy (non-hydrogen) atoms. The van der Waals surface area contributed by atoms with E-state index in [2.05, 4.69) is 17.5 Å². The van der Waals surface area contributed by atoms with Gasteiger partial charge in [-0.15, -0.1) is 12.4 Å². The van der Waals surface area contributed by atoms with E-state index in [-0.39, 0.29) is 12.4 Å². The van der Waals surface area contributed by atoms with Gasteiger partial charge in [0.2, 0.25) is 0 Å². The maximum Gasteiger partial charge on any atom is 0.117 e. The summed E-state index contributed by atoms with van der Waals surface area (Å²) in [5, 5.41) is 4.02. The number of halogens is 2. The van der Waals surface area contributed by atoms with Gasteiger partial charge in [0, 0.05) is 11.6 Å². The third kappa shape index (κ3) is 4.96. The molecule has 2 rings (SSSR count). The molecule has 0 radical (unpaired) electrons. The Balaban J connectivity index is 0.00000162. The second-order valence-corrected chi connectivity index (χ2v) is 4.10. The Kier molecular flexibility index (Phi) is 6.58. The highest BCUT2D eigenvalue weighted by Gasteiger charge is 1.92. The molecular formula is C14H15Cl2NO. The minimum atomic E-state index is 0. The van der Waals surface area contributed by atoms with Crippen molar-refractivity contribution in [3.8, 4) is 0 Å². The van der Waals surface area contributed by atoms with Crippen LogP contribution in [0, 0.1) is 0 Å². The lowest BCUT2D eigenvalue weighted by molar-refractivity contribution is 0.490. The van der Waals surface area contributed by atoms with Gasteiger partial charge in [0.05, 0.1) is 12.8 Å². The van der Waals surface area contributed by atoms with Crippen LogP contribution in [0.2, 0.25) is 5.02 Å². The fraction of sp³-hybridized carbons (Fsp3) is 0.143. The van der Waals surface area contributed by atoms with Gasteiger partial charge in [-0.3, -0.25) is 0 Å². The summed E-state index contributed by atoms with van der Waals surface area (Å²) in [6.07, 6.45) is 5.82. The van der Waals surface area contributed by atoms with Crippen molar-refractivity contribution in [3.05, 3.63) is 65.1 Å². The average molecular weight is 284 g/mol. The monoisotopic (exact) mass is 283 g/mol. The molecule has 0 amide bonds. The van der Waals surface area contributed by atoms with Gasteiger partial charge in [-0.2, -0.15) is 0 Å². The van der Waals surface area contributed by atoms with Gasteiger partial charge >= 0.3 is 0 Å². The summed E-state index contributed by atoms with van der Waals surface area (Å²) in [7, 11) is 0. The predicted octanol–water partition coefficient (Wildman–Crippen LogP) is 4.16. The van der Waals surface area contributed by atoms with Gasteiger partial charge in [0.25, 0.3) is 0 Å². The maximum atomic E-state index is 5.81. The summed E-state index contributed by atoms with van der Waals surface area (Å²) in [4.78, 5) is 0. The molecule has 2 nitrogen and oxygen atoms in total. The van der Waals surface area contributed by atoms with Crippen LogP contribution in [0.1, 0.15) is 11.3 Å². The molecule has 0 saturated heterocycles. The first-order chi connectivity index (χ1) is 8.34. The average Bonchev–Trinajstić information content (AvgIpc) is 2.84. The molecule has 1 heterocycles. The van der Waals surface area contributed by atoms with E-state index in [1.165, 1.54) is 0 Å². The van der Waals surface area contributed by atoms with E-state index in [1.807, 2.05) is 36.4 Å². The normalized spacial score (nSPS) is 10.5. The van der Waals surface area contributed by atoms with Gasteiger partial charge in [0.1, 0.15) is 5.76 Å². The summed E-state index contributed by atoms with van der Waals surface area (Å²) in [5.41, 5.74) is 1.15. The lowest BCUT2D eigenvalue weighted by Gasteiger charge is -1.97. The Bertz CT molecular complexity index is 463. The second kappa shape index (κ2) is 7.98. The molecule has 4 heteroatoms. The van der Waals surface area contributed by atoms with Crippen LogP contribution in [-0.2, 0) is 6.54 Å². The van der Waals surface area contributed by atoms with E-state index in [1.54, 1.807) is 6.26 Å².